The smallest absolute Gasteiger partial charge is 0.270 e. The standard InChI is InChI=1S/C17H13N3O6/c18-13-3-1-2-12-14(13)17(22)19(16(12)21)6-9-4-11(20(23)24)5-10-7-25-8-26-15(9)10/h1-5H,6-8,18H2. The molecule has 0 saturated carbocycles. The molecule has 0 radical (unpaired) electrons. The number of hydrogen-bond donors (Lipinski definition) is 1. The van der Waals surface area contributed by atoms with Crippen LogP contribution in [-0.2, 0) is 17.9 Å². The molecule has 2 aliphatic heterocycles. The van der Waals surface area contributed by atoms with E-state index in [4.69, 9.17) is 15.2 Å². The Balaban J connectivity index is 1.75. The summed E-state index contributed by atoms with van der Waals surface area (Å²) in [5.41, 5.74) is 7.12. The van der Waals surface area contributed by atoms with Gasteiger partial charge >= 0.3 is 0 Å². The molecule has 2 aromatic carbocycles. The summed E-state index contributed by atoms with van der Waals surface area (Å²) in [4.78, 5) is 36.9. The number of rotatable bonds is 3. The van der Waals surface area contributed by atoms with E-state index in [9.17, 15) is 19.7 Å². The van der Waals surface area contributed by atoms with E-state index in [0.29, 0.717) is 16.9 Å². The zero-order valence-electron chi connectivity index (χ0n) is 13.4. The van der Waals surface area contributed by atoms with Crippen molar-refractivity contribution in [1.82, 2.24) is 4.90 Å². The van der Waals surface area contributed by atoms with Gasteiger partial charge < -0.3 is 15.2 Å². The molecular weight excluding hydrogens is 342 g/mol. The third-order valence-electron chi connectivity index (χ3n) is 4.34. The molecule has 4 rings (SSSR count). The Labute approximate surface area is 147 Å². The normalized spacial score (nSPS) is 15.5. The largest absolute Gasteiger partial charge is 0.467 e. The van der Waals surface area contributed by atoms with Gasteiger partial charge in [-0.25, -0.2) is 0 Å². The third kappa shape index (κ3) is 2.37. The van der Waals surface area contributed by atoms with Crippen LogP contribution in [0, 0.1) is 10.1 Å². The molecule has 26 heavy (non-hydrogen) atoms. The van der Waals surface area contributed by atoms with E-state index in [-0.39, 0.29) is 42.4 Å². The minimum Gasteiger partial charge on any atom is -0.467 e. The number of ether oxygens (including phenoxy) is 2. The van der Waals surface area contributed by atoms with Gasteiger partial charge in [-0.1, -0.05) is 6.07 Å². The van der Waals surface area contributed by atoms with E-state index in [0.717, 1.165) is 4.90 Å². The Bertz CT molecular complexity index is 971. The molecule has 9 heteroatoms. The number of nitro benzene ring substituents is 1. The van der Waals surface area contributed by atoms with E-state index in [1.807, 2.05) is 0 Å². The summed E-state index contributed by atoms with van der Waals surface area (Å²) in [7, 11) is 0. The molecule has 0 aliphatic carbocycles. The highest BCUT2D eigenvalue weighted by Crippen LogP contribution is 2.35. The molecule has 0 atom stereocenters. The van der Waals surface area contributed by atoms with Crippen molar-refractivity contribution in [2.24, 2.45) is 0 Å². The first-order chi connectivity index (χ1) is 12.5. The average molecular weight is 355 g/mol. The fourth-order valence-corrected chi connectivity index (χ4v) is 3.18. The number of fused-ring (bicyclic) bond motifs is 2. The zero-order chi connectivity index (χ0) is 18.4. The molecule has 9 nitrogen and oxygen atoms in total. The van der Waals surface area contributed by atoms with Gasteiger partial charge in [0.15, 0.2) is 6.79 Å². The molecule has 0 saturated heterocycles. The Kier molecular flexibility index (Phi) is 3.58. The number of carbonyl (C=O) groups is 2. The third-order valence-corrected chi connectivity index (χ3v) is 4.34. The predicted octanol–water partition coefficient (Wildman–Crippen LogP) is 1.84. The predicted molar refractivity (Wildman–Crippen MR) is 88.4 cm³/mol. The molecule has 0 aromatic heterocycles. The second-order valence-electron chi connectivity index (χ2n) is 5.93. The van der Waals surface area contributed by atoms with Crippen LogP contribution in [0.3, 0.4) is 0 Å². The fraction of sp³-hybridized carbons (Fsp3) is 0.176. The van der Waals surface area contributed by atoms with Gasteiger partial charge in [-0.3, -0.25) is 24.6 Å². The summed E-state index contributed by atoms with van der Waals surface area (Å²) in [6, 6.07) is 7.33. The molecule has 0 spiro atoms. The highest BCUT2D eigenvalue weighted by Gasteiger charge is 2.38. The zero-order valence-corrected chi connectivity index (χ0v) is 13.4. The van der Waals surface area contributed by atoms with E-state index in [1.165, 1.54) is 18.2 Å². The summed E-state index contributed by atoms with van der Waals surface area (Å²) >= 11 is 0. The number of nitrogens with two attached hydrogens (primary N) is 1. The first-order valence-electron chi connectivity index (χ1n) is 7.73. The van der Waals surface area contributed by atoms with Crippen LogP contribution in [0.1, 0.15) is 31.8 Å². The van der Waals surface area contributed by atoms with Gasteiger partial charge in [-0.2, -0.15) is 0 Å². The minimum atomic E-state index is -0.543. The Morgan fingerprint density at radius 1 is 1.23 bits per heavy atom. The lowest BCUT2D eigenvalue weighted by molar-refractivity contribution is -0.385. The molecule has 2 N–H and O–H groups in total. The number of imide groups is 1. The summed E-state index contributed by atoms with van der Waals surface area (Å²) in [6.07, 6.45) is 0. The van der Waals surface area contributed by atoms with Crippen LogP contribution < -0.4 is 10.5 Å². The maximum atomic E-state index is 12.6. The number of benzene rings is 2. The highest BCUT2D eigenvalue weighted by molar-refractivity contribution is 6.23. The topological polar surface area (TPSA) is 125 Å². The first-order valence-corrected chi connectivity index (χ1v) is 7.73. The van der Waals surface area contributed by atoms with Crippen LogP contribution in [0.5, 0.6) is 5.75 Å². The molecule has 2 heterocycles. The molecule has 0 bridgehead atoms. The fourth-order valence-electron chi connectivity index (χ4n) is 3.18. The maximum absolute atomic E-state index is 12.6. The Morgan fingerprint density at radius 3 is 2.77 bits per heavy atom. The summed E-state index contributed by atoms with van der Waals surface area (Å²) in [5.74, 6) is -0.633. The second-order valence-corrected chi connectivity index (χ2v) is 5.93. The van der Waals surface area contributed by atoms with Gasteiger partial charge in [0.05, 0.1) is 29.2 Å². The lowest BCUT2D eigenvalue weighted by Crippen LogP contribution is -2.30. The van der Waals surface area contributed by atoms with Crippen LogP contribution >= 0.6 is 0 Å². The number of nitro groups is 1. The molecule has 0 fully saturated rings. The summed E-state index contributed by atoms with van der Waals surface area (Å²) in [6.45, 7) is -0.0121. The van der Waals surface area contributed by atoms with Crippen molar-refractivity contribution < 1.29 is 24.0 Å². The average Bonchev–Trinajstić information content (AvgIpc) is 2.87. The van der Waals surface area contributed by atoms with Crippen molar-refractivity contribution in [2.45, 2.75) is 13.2 Å². The maximum Gasteiger partial charge on any atom is 0.270 e. The van der Waals surface area contributed by atoms with Crippen molar-refractivity contribution in [3.8, 4) is 5.75 Å². The molecular formula is C17H13N3O6. The number of hydrogen-bond acceptors (Lipinski definition) is 7. The first kappa shape index (κ1) is 16.0. The van der Waals surface area contributed by atoms with Crippen molar-refractivity contribution >= 4 is 23.2 Å². The highest BCUT2D eigenvalue weighted by atomic mass is 16.7. The second kappa shape index (κ2) is 5.81. The van der Waals surface area contributed by atoms with Crippen LogP contribution in [0.4, 0.5) is 11.4 Å². The Morgan fingerprint density at radius 2 is 2.04 bits per heavy atom. The minimum absolute atomic E-state index is 0.00707. The summed E-state index contributed by atoms with van der Waals surface area (Å²) < 4.78 is 10.6. The van der Waals surface area contributed by atoms with Gasteiger partial charge in [0.1, 0.15) is 5.75 Å². The van der Waals surface area contributed by atoms with Crippen LogP contribution in [-0.4, -0.2) is 28.4 Å². The number of nitrogen functional groups attached to an aromatic ring is 1. The van der Waals surface area contributed by atoms with Crippen molar-refractivity contribution in [2.75, 3.05) is 12.5 Å². The number of nitrogens with zero attached hydrogens (tertiary/aromatic N) is 2. The molecule has 0 unspecified atom stereocenters. The van der Waals surface area contributed by atoms with Gasteiger partial charge in [0.25, 0.3) is 17.5 Å². The van der Waals surface area contributed by atoms with Gasteiger partial charge in [-0.15, -0.1) is 0 Å². The van der Waals surface area contributed by atoms with Crippen molar-refractivity contribution in [1.29, 1.82) is 0 Å². The van der Waals surface area contributed by atoms with E-state index < -0.39 is 16.7 Å². The van der Waals surface area contributed by atoms with Crippen LogP contribution in [0.25, 0.3) is 0 Å². The lowest BCUT2D eigenvalue weighted by atomic mass is 10.1. The Hall–Kier alpha value is -3.46. The van der Waals surface area contributed by atoms with Crippen LogP contribution in [0.2, 0.25) is 0 Å². The SMILES string of the molecule is Nc1cccc2c1C(=O)N(Cc1cc([N+](=O)[O-])cc3c1OCOC3)C2=O. The number of non-ortho nitro benzene ring substituents is 1. The molecule has 2 aromatic rings. The monoisotopic (exact) mass is 355 g/mol. The number of amides is 2. The quantitative estimate of drug-likeness (QED) is 0.385. The van der Waals surface area contributed by atoms with Crippen molar-refractivity contribution in [3.05, 3.63) is 62.7 Å². The summed E-state index contributed by atoms with van der Waals surface area (Å²) in [5, 5.41) is 11.2. The number of carbonyl (C=O) groups excluding carboxylic acids is 2. The van der Waals surface area contributed by atoms with Gasteiger partial charge in [-0.05, 0) is 12.1 Å². The van der Waals surface area contributed by atoms with Gasteiger partial charge in [0.2, 0.25) is 0 Å². The lowest BCUT2D eigenvalue weighted by Gasteiger charge is -2.22. The van der Waals surface area contributed by atoms with Crippen molar-refractivity contribution in [3.63, 3.8) is 0 Å². The van der Waals surface area contributed by atoms with E-state index in [2.05, 4.69) is 0 Å². The van der Waals surface area contributed by atoms with E-state index >= 15 is 0 Å². The van der Waals surface area contributed by atoms with Gasteiger partial charge in [0, 0.05) is 28.9 Å². The molecule has 2 amide bonds. The molecule has 132 valence electrons. The van der Waals surface area contributed by atoms with E-state index in [1.54, 1.807) is 12.1 Å². The number of anilines is 1. The van der Waals surface area contributed by atoms with Crippen LogP contribution in [0.15, 0.2) is 30.3 Å². The molecule has 2 aliphatic rings.